The monoisotopic (exact) mass is 477 g/mol. The summed E-state index contributed by atoms with van der Waals surface area (Å²) in [5, 5.41) is 4.60. The molecule has 3 aromatic carbocycles. The van der Waals surface area contributed by atoms with E-state index < -0.39 is 11.7 Å². The van der Waals surface area contributed by atoms with Crippen molar-refractivity contribution in [2.45, 2.75) is 12.8 Å². The first-order valence-electron chi connectivity index (χ1n) is 10.4. The highest BCUT2D eigenvalue weighted by atomic mass is 19.4. The fourth-order valence-corrected chi connectivity index (χ4v) is 3.63. The summed E-state index contributed by atoms with van der Waals surface area (Å²) in [4.78, 5) is 8.72. The molecule has 0 saturated heterocycles. The van der Waals surface area contributed by atoms with Crippen LogP contribution >= 0.6 is 0 Å². The zero-order valence-electron chi connectivity index (χ0n) is 17.7. The molecule has 0 fully saturated rings. The highest BCUT2D eigenvalue weighted by Gasteiger charge is 2.30. The summed E-state index contributed by atoms with van der Waals surface area (Å²) in [6.45, 7) is -0.00822. The van der Waals surface area contributed by atoms with E-state index >= 15 is 0 Å². The van der Waals surface area contributed by atoms with Gasteiger partial charge in [0.25, 0.3) is 5.89 Å². The Morgan fingerprint density at radius 2 is 1.69 bits per heavy atom. The number of furan rings is 1. The Kier molecular flexibility index (Phi) is 4.80. The van der Waals surface area contributed by atoms with Crippen LogP contribution in [0.25, 0.3) is 45.0 Å². The van der Waals surface area contributed by atoms with Gasteiger partial charge in [-0.1, -0.05) is 17.3 Å². The molecule has 0 saturated carbocycles. The largest absolute Gasteiger partial charge is 0.485 e. The number of rotatable bonds is 5. The van der Waals surface area contributed by atoms with Gasteiger partial charge in [-0.2, -0.15) is 18.2 Å². The number of nitrogens with zero attached hydrogens (tertiary/aromatic N) is 3. The van der Waals surface area contributed by atoms with Gasteiger partial charge in [0.15, 0.2) is 12.2 Å². The van der Waals surface area contributed by atoms with Crippen LogP contribution < -0.4 is 4.74 Å². The smallest absolute Gasteiger partial charge is 0.416 e. The number of hydrogen-bond donors (Lipinski definition) is 0. The first kappa shape index (κ1) is 21.0. The number of hydrogen-bond acceptors (Lipinski definition) is 7. The highest BCUT2D eigenvalue weighted by Crippen LogP contribution is 2.34. The molecule has 3 heterocycles. The topological polar surface area (TPSA) is 87.3 Å². The number of fused-ring (bicyclic) bond motifs is 2. The molecule has 0 spiro atoms. The molecule has 0 amide bonds. The van der Waals surface area contributed by atoms with Crippen molar-refractivity contribution in [1.29, 1.82) is 0 Å². The van der Waals surface area contributed by atoms with Gasteiger partial charge >= 0.3 is 6.18 Å². The number of alkyl halides is 3. The Hall–Kier alpha value is -4.60. The van der Waals surface area contributed by atoms with Gasteiger partial charge in [0.05, 0.1) is 11.1 Å². The molecule has 6 rings (SSSR count). The molecule has 0 aliphatic rings. The van der Waals surface area contributed by atoms with Gasteiger partial charge in [-0.15, -0.1) is 0 Å². The molecule has 35 heavy (non-hydrogen) atoms. The molecule has 3 aromatic heterocycles. The van der Waals surface area contributed by atoms with Crippen molar-refractivity contribution in [1.82, 2.24) is 15.1 Å². The van der Waals surface area contributed by atoms with Crippen molar-refractivity contribution in [3.63, 3.8) is 0 Å². The van der Waals surface area contributed by atoms with Crippen LogP contribution in [0.2, 0.25) is 0 Å². The van der Waals surface area contributed by atoms with E-state index in [9.17, 15) is 13.2 Å². The molecule has 0 N–H and O–H groups in total. The minimum atomic E-state index is -4.41. The lowest BCUT2D eigenvalue weighted by Crippen LogP contribution is -2.04. The van der Waals surface area contributed by atoms with Crippen molar-refractivity contribution >= 4 is 22.1 Å². The average Bonchev–Trinajstić information content (AvgIpc) is 3.59. The lowest BCUT2D eigenvalue weighted by Gasteiger charge is -2.05. The molecule has 6 aromatic rings. The van der Waals surface area contributed by atoms with Crippen LogP contribution in [-0.4, -0.2) is 15.1 Å². The minimum absolute atomic E-state index is 0.00822. The quantitative estimate of drug-likeness (QED) is 0.267. The molecule has 174 valence electrons. The number of para-hydroxylation sites is 2. The number of oxazole rings is 1. The van der Waals surface area contributed by atoms with Gasteiger partial charge in [0, 0.05) is 10.9 Å². The van der Waals surface area contributed by atoms with Crippen molar-refractivity contribution in [2.24, 2.45) is 0 Å². The average molecular weight is 477 g/mol. The van der Waals surface area contributed by atoms with Crippen molar-refractivity contribution in [2.75, 3.05) is 0 Å². The van der Waals surface area contributed by atoms with Crippen LogP contribution in [0.1, 0.15) is 11.4 Å². The molecule has 0 aliphatic carbocycles. The SMILES string of the molecule is FC(F)(F)c1ccc(-c2nc(COc3ccc4occ(-c5nc6ccccc6o5)c4c3)no2)cc1. The summed E-state index contributed by atoms with van der Waals surface area (Å²) >= 11 is 0. The van der Waals surface area contributed by atoms with Gasteiger partial charge in [-0.3, -0.25) is 0 Å². The second-order valence-corrected chi connectivity index (χ2v) is 7.67. The van der Waals surface area contributed by atoms with E-state index in [1.807, 2.05) is 24.3 Å². The van der Waals surface area contributed by atoms with Crippen molar-refractivity contribution < 1.29 is 31.3 Å². The minimum Gasteiger partial charge on any atom is -0.485 e. The first-order chi connectivity index (χ1) is 16.9. The van der Waals surface area contributed by atoms with Crippen molar-refractivity contribution in [3.8, 4) is 28.7 Å². The van der Waals surface area contributed by atoms with Crippen molar-refractivity contribution in [3.05, 3.63) is 84.4 Å². The summed E-state index contributed by atoms with van der Waals surface area (Å²) in [7, 11) is 0. The molecular weight excluding hydrogens is 463 g/mol. The van der Waals surface area contributed by atoms with Crippen LogP contribution in [0.4, 0.5) is 13.2 Å². The Bertz CT molecular complexity index is 1620. The first-order valence-corrected chi connectivity index (χ1v) is 10.4. The van der Waals surface area contributed by atoms with Gasteiger partial charge in [-0.25, -0.2) is 4.98 Å². The zero-order chi connectivity index (χ0) is 24.0. The molecule has 10 heteroatoms. The molecule has 0 radical (unpaired) electrons. The summed E-state index contributed by atoms with van der Waals surface area (Å²) in [6.07, 6.45) is -2.84. The maximum atomic E-state index is 12.8. The predicted molar refractivity (Wildman–Crippen MR) is 118 cm³/mol. The number of halogens is 3. The summed E-state index contributed by atoms with van der Waals surface area (Å²) in [5.41, 5.74) is 2.36. The molecule has 0 unspecified atom stereocenters. The van der Waals surface area contributed by atoms with Crippen LogP contribution in [0.3, 0.4) is 0 Å². The predicted octanol–water partition coefficient (Wildman–Crippen LogP) is 6.89. The lowest BCUT2D eigenvalue weighted by atomic mass is 10.1. The third-order valence-corrected chi connectivity index (χ3v) is 5.36. The fraction of sp³-hybridized carbons (Fsp3) is 0.0800. The van der Waals surface area contributed by atoms with Crippen LogP contribution in [0.15, 0.2) is 86.4 Å². The van der Waals surface area contributed by atoms with Crippen LogP contribution in [0.5, 0.6) is 5.75 Å². The Labute approximate surface area is 194 Å². The summed E-state index contributed by atoms with van der Waals surface area (Å²) in [6, 6.07) is 17.2. The summed E-state index contributed by atoms with van der Waals surface area (Å²) < 4.78 is 60.7. The number of benzene rings is 3. The second kappa shape index (κ2) is 8.01. The van der Waals surface area contributed by atoms with Gasteiger partial charge in [0.2, 0.25) is 11.7 Å². The standard InChI is InChI=1S/C25H14F3N3O4/c26-25(27,28)15-7-5-14(6-8-15)23-30-22(31-35-23)13-32-16-9-10-20-17(11-16)18(12-33-20)24-29-19-3-1-2-4-21(19)34-24/h1-12H,13H2. The molecule has 0 aliphatic heterocycles. The van der Waals surface area contributed by atoms with Crippen LogP contribution in [0, 0.1) is 0 Å². The van der Waals surface area contributed by atoms with E-state index in [0.29, 0.717) is 33.9 Å². The Morgan fingerprint density at radius 1 is 0.857 bits per heavy atom. The van der Waals surface area contributed by atoms with E-state index in [-0.39, 0.29) is 18.3 Å². The number of ether oxygens (including phenoxy) is 1. The summed E-state index contributed by atoms with van der Waals surface area (Å²) in [5.74, 6) is 1.30. The van der Waals surface area contributed by atoms with Gasteiger partial charge < -0.3 is 18.1 Å². The molecule has 7 nitrogen and oxygen atoms in total. The second-order valence-electron chi connectivity index (χ2n) is 7.67. The third kappa shape index (κ3) is 3.99. The normalized spacial score (nSPS) is 12.0. The Balaban J connectivity index is 1.20. The molecule has 0 bridgehead atoms. The number of aromatic nitrogens is 3. The van der Waals surface area contributed by atoms with Crippen LogP contribution in [-0.2, 0) is 12.8 Å². The molecular formula is C25H14F3N3O4. The maximum Gasteiger partial charge on any atom is 0.416 e. The Morgan fingerprint density at radius 3 is 2.49 bits per heavy atom. The van der Waals surface area contributed by atoms with E-state index in [2.05, 4.69) is 15.1 Å². The lowest BCUT2D eigenvalue weighted by molar-refractivity contribution is -0.137. The van der Waals surface area contributed by atoms with E-state index in [1.165, 1.54) is 12.1 Å². The van der Waals surface area contributed by atoms with Gasteiger partial charge in [0.1, 0.15) is 23.1 Å². The third-order valence-electron chi connectivity index (χ3n) is 5.36. The van der Waals surface area contributed by atoms with Gasteiger partial charge in [-0.05, 0) is 54.6 Å². The van der Waals surface area contributed by atoms with E-state index in [0.717, 1.165) is 23.0 Å². The van der Waals surface area contributed by atoms with E-state index in [4.69, 9.17) is 18.1 Å². The maximum absolute atomic E-state index is 12.8. The fourth-order valence-electron chi connectivity index (χ4n) is 3.63. The highest BCUT2D eigenvalue weighted by molar-refractivity contribution is 5.93. The van der Waals surface area contributed by atoms with E-state index in [1.54, 1.807) is 24.5 Å². The molecule has 0 atom stereocenters. The zero-order valence-corrected chi connectivity index (χ0v) is 17.7.